The number of hydrogen-bond donors (Lipinski definition) is 2. The van der Waals surface area contributed by atoms with Crippen molar-refractivity contribution in [1.29, 1.82) is 0 Å². The number of amides is 2. The lowest BCUT2D eigenvalue weighted by atomic mass is 9.91. The van der Waals surface area contributed by atoms with Gasteiger partial charge in [0.25, 0.3) is 5.91 Å². The smallest absolute Gasteiger partial charge is 0.336 e. The van der Waals surface area contributed by atoms with Gasteiger partial charge in [-0.05, 0) is 42.9 Å². The molecule has 4 atom stereocenters. The molecule has 0 saturated carbocycles. The number of ketones is 1. The van der Waals surface area contributed by atoms with Crippen LogP contribution in [0.25, 0.3) is 10.4 Å². The Morgan fingerprint density at radius 2 is 2.17 bits per heavy atom. The van der Waals surface area contributed by atoms with Crippen molar-refractivity contribution in [3.63, 3.8) is 0 Å². The number of quaternary nitrogens is 1. The lowest BCUT2D eigenvalue weighted by Gasteiger charge is -2.43. The van der Waals surface area contributed by atoms with E-state index in [1.54, 1.807) is 36.7 Å². The topological polar surface area (TPSA) is 106 Å². The summed E-state index contributed by atoms with van der Waals surface area (Å²) in [7, 11) is 1.80. The molecule has 0 spiro atoms. The van der Waals surface area contributed by atoms with E-state index < -0.39 is 12.1 Å². The number of nitrogens with one attached hydrogen (secondary N) is 1. The standard InChI is InChI=1S/C27H29N3O5S/c1-30(10-2-4-23-25(30)22(32)16-35-23)27(34)21(12-17-6-8-20(31)9-7-17)29-26(33)19-13-18(14-28-15-19)24-5-3-11-36-24/h3,5-6,8,11,13-15,21,23,25H,2,4,7,9-10,12,16H2,1H3,(H-,29,31,33)/p+1/t21-,23+,25+,30?/m0/s1. The molecule has 1 aliphatic carbocycles. The van der Waals surface area contributed by atoms with Gasteiger partial charge in [-0.1, -0.05) is 17.7 Å². The summed E-state index contributed by atoms with van der Waals surface area (Å²) in [4.78, 5) is 45.5. The SMILES string of the molecule is C[N+]1(C(=O)[C@H](CC2=CC=C(O)CC2)NC(=O)c2cncc(-c3cccs3)c2)CCC[C@H]2OCC(=O)[C@H]21. The number of nitrogens with zero attached hydrogens (tertiary/aromatic N) is 2. The van der Waals surface area contributed by atoms with Crippen LogP contribution in [0, 0.1) is 0 Å². The Balaban J connectivity index is 1.43. The molecule has 0 radical (unpaired) electrons. The third-order valence-corrected chi connectivity index (χ3v) is 8.36. The van der Waals surface area contributed by atoms with Gasteiger partial charge in [0.05, 0.1) is 24.9 Å². The molecule has 36 heavy (non-hydrogen) atoms. The summed E-state index contributed by atoms with van der Waals surface area (Å²) in [6, 6.07) is 4.30. The summed E-state index contributed by atoms with van der Waals surface area (Å²) in [6.45, 7) is 0.556. The van der Waals surface area contributed by atoms with E-state index in [9.17, 15) is 19.5 Å². The van der Waals surface area contributed by atoms with Gasteiger partial charge in [-0.25, -0.2) is 4.79 Å². The van der Waals surface area contributed by atoms with Crippen LogP contribution < -0.4 is 5.32 Å². The number of aliphatic hydroxyl groups excluding tert-OH is 1. The molecule has 188 valence electrons. The Hall–Kier alpha value is -3.14. The van der Waals surface area contributed by atoms with E-state index in [2.05, 4.69) is 10.3 Å². The molecule has 2 amide bonds. The maximum absolute atomic E-state index is 14.1. The van der Waals surface area contributed by atoms with Crippen LogP contribution in [0.3, 0.4) is 0 Å². The molecule has 2 N–H and O–H groups in total. The lowest BCUT2D eigenvalue weighted by molar-refractivity contribution is -0.859. The quantitative estimate of drug-likeness (QED) is 0.578. The molecule has 4 heterocycles. The molecule has 9 heteroatoms. The first-order chi connectivity index (χ1) is 17.3. The van der Waals surface area contributed by atoms with E-state index >= 15 is 0 Å². The van der Waals surface area contributed by atoms with Gasteiger partial charge in [0.1, 0.15) is 18.8 Å². The minimum atomic E-state index is -0.833. The molecular weight excluding hydrogens is 478 g/mol. The fourth-order valence-electron chi connectivity index (χ4n) is 5.55. The summed E-state index contributed by atoms with van der Waals surface area (Å²) in [5.74, 6) is -0.339. The monoisotopic (exact) mass is 508 g/mol. The molecule has 2 aliphatic heterocycles. The summed E-state index contributed by atoms with van der Waals surface area (Å²) in [5, 5.41) is 14.7. The molecule has 2 aromatic rings. The summed E-state index contributed by atoms with van der Waals surface area (Å²) in [5.41, 5.74) is 2.17. The molecule has 2 aromatic heterocycles. The van der Waals surface area contributed by atoms with E-state index in [4.69, 9.17) is 4.74 Å². The van der Waals surface area contributed by atoms with Gasteiger partial charge in [0.2, 0.25) is 5.78 Å². The van der Waals surface area contributed by atoms with Gasteiger partial charge in [0, 0.05) is 35.7 Å². The van der Waals surface area contributed by atoms with Crippen molar-refractivity contribution in [2.24, 2.45) is 0 Å². The number of aromatic nitrogens is 1. The van der Waals surface area contributed by atoms with Crippen molar-refractivity contribution in [2.45, 2.75) is 50.3 Å². The molecule has 3 aliphatic rings. The number of rotatable bonds is 6. The van der Waals surface area contributed by atoms with Crippen LogP contribution >= 0.6 is 11.3 Å². The number of Topliss-reactive ketones (excluding diaryl/α,β-unsaturated/α-hetero) is 1. The van der Waals surface area contributed by atoms with Gasteiger partial charge in [0.15, 0.2) is 6.04 Å². The minimum Gasteiger partial charge on any atom is -0.512 e. The Labute approximate surface area is 213 Å². The highest BCUT2D eigenvalue weighted by Gasteiger charge is 2.56. The van der Waals surface area contributed by atoms with Crippen LogP contribution in [0.2, 0.25) is 0 Å². The summed E-state index contributed by atoms with van der Waals surface area (Å²) >= 11 is 1.56. The highest BCUT2D eigenvalue weighted by atomic mass is 32.1. The third-order valence-electron chi connectivity index (χ3n) is 7.44. The Bertz CT molecular complexity index is 1240. The van der Waals surface area contributed by atoms with Gasteiger partial charge < -0.3 is 15.2 Å². The van der Waals surface area contributed by atoms with Crippen LogP contribution in [0.1, 0.15) is 42.5 Å². The van der Waals surface area contributed by atoms with Crippen LogP contribution in [-0.2, 0) is 14.3 Å². The second-order valence-corrected chi connectivity index (χ2v) is 10.8. The number of piperidine rings is 1. The predicted octanol–water partition coefficient (Wildman–Crippen LogP) is 3.56. The van der Waals surface area contributed by atoms with E-state index in [1.165, 1.54) is 6.20 Å². The lowest BCUT2D eigenvalue weighted by Crippen LogP contribution is -2.68. The maximum atomic E-state index is 14.1. The maximum Gasteiger partial charge on any atom is 0.336 e. The van der Waals surface area contributed by atoms with Crippen LogP contribution in [0.4, 0.5) is 0 Å². The van der Waals surface area contributed by atoms with Crippen molar-refractivity contribution in [2.75, 3.05) is 20.2 Å². The number of ether oxygens (including phenoxy) is 1. The average molecular weight is 509 g/mol. The largest absolute Gasteiger partial charge is 0.512 e. The van der Waals surface area contributed by atoms with E-state index in [1.807, 2.05) is 23.6 Å². The summed E-state index contributed by atoms with van der Waals surface area (Å²) < 4.78 is 5.62. The third kappa shape index (κ3) is 4.78. The van der Waals surface area contributed by atoms with E-state index in [-0.39, 0.29) is 34.8 Å². The Morgan fingerprint density at radius 3 is 2.92 bits per heavy atom. The number of likely N-dealkylation sites (N-methyl/N-ethyl adjacent to an activating group) is 1. The molecule has 0 aromatic carbocycles. The number of aliphatic hydroxyl groups is 1. The predicted molar refractivity (Wildman–Crippen MR) is 135 cm³/mol. The normalized spacial score (nSPS) is 26.5. The van der Waals surface area contributed by atoms with E-state index in [0.29, 0.717) is 37.1 Å². The fraction of sp³-hybridized carbons (Fsp3) is 0.407. The number of pyridine rings is 1. The molecule has 5 rings (SSSR count). The van der Waals surface area contributed by atoms with Crippen molar-refractivity contribution in [3.05, 3.63) is 65.0 Å². The first kappa shape index (κ1) is 24.5. The van der Waals surface area contributed by atoms with E-state index in [0.717, 1.165) is 28.9 Å². The number of carbonyl (C=O) groups excluding carboxylic acids is 3. The minimum absolute atomic E-state index is 0.0316. The van der Waals surface area contributed by atoms with Gasteiger partial charge in [-0.15, -0.1) is 11.3 Å². The first-order valence-electron chi connectivity index (χ1n) is 12.3. The van der Waals surface area contributed by atoms with Gasteiger partial charge >= 0.3 is 5.91 Å². The second-order valence-electron chi connectivity index (χ2n) is 9.89. The molecule has 2 saturated heterocycles. The fourth-order valence-corrected chi connectivity index (χ4v) is 6.26. The van der Waals surface area contributed by atoms with Crippen molar-refractivity contribution >= 4 is 28.9 Å². The van der Waals surface area contributed by atoms with Crippen LogP contribution in [0.5, 0.6) is 0 Å². The number of thiophene rings is 1. The molecular formula is C27H30N3O5S+. The van der Waals surface area contributed by atoms with Crippen molar-refractivity contribution in [3.8, 4) is 10.4 Å². The molecule has 2 fully saturated rings. The Morgan fingerprint density at radius 1 is 1.31 bits per heavy atom. The highest BCUT2D eigenvalue weighted by molar-refractivity contribution is 7.13. The van der Waals surface area contributed by atoms with Gasteiger partial charge in [-0.2, -0.15) is 0 Å². The average Bonchev–Trinajstić information content (AvgIpc) is 3.56. The summed E-state index contributed by atoms with van der Waals surface area (Å²) in [6.07, 6.45) is 9.33. The second kappa shape index (κ2) is 10.1. The van der Waals surface area contributed by atoms with Crippen molar-refractivity contribution in [1.82, 2.24) is 10.3 Å². The zero-order valence-corrected chi connectivity index (χ0v) is 21.0. The molecule has 1 unspecified atom stereocenters. The zero-order chi connectivity index (χ0) is 25.3. The highest BCUT2D eigenvalue weighted by Crippen LogP contribution is 2.33. The number of carbonyl (C=O) groups is 3. The first-order valence-corrected chi connectivity index (χ1v) is 13.1. The van der Waals surface area contributed by atoms with Crippen molar-refractivity contribution < 1.29 is 28.7 Å². The number of likely N-dealkylation sites (tertiary alicyclic amines) is 1. The Kier molecular flexibility index (Phi) is 6.87. The van der Waals surface area contributed by atoms with Crippen LogP contribution in [0.15, 0.2) is 59.5 Å². The molecule has 0 bridgehead atoms. The van der Waals surface area contributed by atoms with Crippen LogP contribution in [-0.4, -0.2) is 70.6 Å². The zero-order valence-electron chi connectivity index (χ0n) is 20.2. The number of hydrogen-bond acceptors (Lipinski definition) is 7. The number of allylic oxidation sites excluding steroid dienone is 3. The number of fused-ring (bicyclic) bond motifs is 1. The molecule has 8 nitrogen and oxygen atoms in total. The van der Waals surface area contributed by atoms with Gasteiger partial charge in [-0.3, -0.25) is 19.1 Å².